The molecular formula is C17H16FNO3. The summed E-state index contributed by atoms with van der Waals surface area (Å²) < 4.78 is 13.4. The summed E-state index contributed by atoms with van der Waals surface area (Å²) in [7, 11) is 0. The second-order valence-corrected chi connectivity index (χ2v) is 6.61. The molecule has 2 bridgehead atoms. The average molecular weight is 301 g/mol. The summed E-state index contributed by atoms with van der Waals surface area (Å²) in [5.74, 6) is -1.94. The standard InChI is InChI=1S/C17H16FNO3/c1-8-6-10(3-5-12(8)18)19-16(21)14-9-2-4-11(13(20)7-9)15(14)17(19)22/h3,5-6,9,11,14-15H,2,4,7H2,1H3. The minimum atomic E-state index is -0.502. The quantitative estimate of drug-likeness (QED) is 0.748. The number of anilines is 1. The van der Waals surface area contributed by atoms with Crippen LogP contribution >= 0.6 is 0 Å². The SMILES string of the molecule is Cc1cc(N2C(=O)C3C4CCC(C(=O)C4)C3C2=O)ccc1F. The topological polar surface area (TPSA) is 54.5 Å². The molecule has 5 rings (SSSR count). The van der Waals surface area contributed by atoms with Crippen molar-refractivity contribution in [3.8, 4) is 0 Å². The van der Waals surface area contributed by atoms with E-state index in [-0.39, 0.29) is 41.2 Å². The molecule has 0 N–H and O–H groups in total. The first-order chi connectivity index (χ1) is 10.5. The van der Waals surface area contributed by atoms with Crippen LogP contribution in [0.3, 0.4) is 0 Å². The van der Waals surface area contributed by atoms with Gasteiger partial charge in [0.05, 0.1) is 17.5 Å². The minimum Gasteiger partial charge on any atom is -0.299 e. The van der Waals surface area contributed by atoms with Crippen LogP contribution in [0.4, 0.5) is 10.1 Å². The molecule has 4 aliphatic rings. The molecule has 4 nitrogen and oxygen atoms in total. The van der Waals surface area contributed by atoms with E-state index in [1.54, 1.807) is 6.92 Å². The predicted molar refractivity (Wildman–Crippen MR) is 76.4 cm³/mol. The van der Waals surface area contributed by atoms with Crippen LogP contribution in [0.25, 0.3) is 0 Å². The highest BCUT2D eigenvalue weighted by atomic mass is 19.1. The molecule has 1 heterocycles. The van der Waals surface area contributed by atoms with Gasteiger partial charge in [0, 0.05) is 12.3 Å². The van der Waals surface area contributed by atoms with Gasteiger partial charge >= 0.3 is 0 Å². The molecule has 1 saturated heterocycles. The largest absolute Gasteiger partial charge is 0.299 e. The van der Waals surface area contributed by atoms with Gasteiger partial charge in [-0.05, 0) is 49.4 Å². The fourth-order valence-corrected chi connectivity index (χ4v) is 4.41. The second kappa shape index (κ2) is 4.48. The molecule has 1 aliphatic heterocycles. The van der Waals surface area contributed by atoms with Crippen molar-refractivity contribution in [2.45, 2.75) is 26.2 Å². The van der Waals surface area contributed by atoms with Crippen LogP contribution in [-0.4, -0.2) is 17.6 Å². The maximum absolute atomic E-state index is 13.4. The van der Waals surface area contributed by atoms with Crippen LogP contribution in [-0.2, 0) is 14.4 Å². The zero-order valence-electron chi connectivity index (χ0n) is 12.2. The first-order valence-corrected chi connectivity index (χ1v) is 7.65. The van der Waals surface area contributed by atoms with E-state index in [1.807, 2.05) is 0 Å². The number of carbonyl (C=O) groups is 3. The molecule has 2 amide bonds. The molecule has 5 heteroatoms. The van der Waals surface area contributed by atoms with Gasteiger partial charge in [-0.1, -0.05) is 0 Å². The predicted octanol–water partition coefficient (Wildman–Crippen LogP) is 2.24. The van der Waals surface area contributed by atoms with Gasteiger partial charge in [-0.2, -0.15) is 0 Å². The Labute approximate surface area is 127 Å². The first-order valence-electron chi connectivity index (χ1n) is 7.65. The number of benzene rings is 1. The van der Waals surface area contributed by atoms with Gasteiger partial charge in [-0.15, -0.1) is 0 Å². The third-order valence-corrected chi connectivity index (χ3v) is 5.46. The van der Waals surface area contributed by atoms with E-state index in [4.69, 9.17) is 0 Å². The molecule has 0 spiro atoms. The molecule has 3 saturated carbocycles. The summed E-state index contributed by atoms with van der Waals surface area (Å²) in [5.41, 5.74) is 0.808. The van der Waals surface area contributed by atoms with Crippen LogP contribution in [0.5, 0.6) is 0 Å². The fourth-order valence-electron chi connectivity index (χ4n) is 4.41. The van der Waals surface area contributed by atoms with Crippen molar-refractivity contribution >= 4 is 23.3 Å². The summed E-state index contributed by atoms with van der Waals surface area (Å²) in [5, 5.41) is 0. The fraction of sp³-hybridized carbons (Fsp3) is 0.471. The smallest absolute Gasteiger partial charge is 0.238 e. The molecule has 0 radical (unpaired) electrons. The van der Waals surface area contributed by atoms with Crippen molar-refractivity contribution in [2.24, 2.45) is 23.7 Å². The molecule has 1 aromatic rings. The number of ketones is 1. The lowest BCUT2D eigenvalue weighted by Crippen LogP contribution is -2.46. The van der Waals surface area contributed by atoms with E-state index in [1.165, 1.54) is 23.1 Å². The number of halogens is 1. The number of amides is 2. The molecule has 3 aliphatic carbocycles. The number of Topliss-reactive ketones (excluding diaryl/α,β-unsaturated/α-hetero) is 1. The summed E-state index contributed by atoms with van der Waals surface area (Å²) in [4.78, 5) is 38.7. The Kier molecular flexibility index (Phi) is 2.77. The minimum absolute atomic E-state index is 0.00880. The highest BCUT2D eigenvalue weighted by Gasteiger charge is 2.60. The van der Waals surface area contributed by atoms with Crippen LogP contribution in [0.1, 0.15) is 24.8 Å². The lowest BCUT2D eigenvalue weighted by atomic mass is 9.59. The monoisotopic (exact) mass is 301 g/mol. The van der Waals surface area contributed by atoms with E-state index in [0.717, 1.165) is 6.42 Å². The number of rotatable bonds is 1. The van der Waals surface area contributed by atoms with Gasteiger partial charge < -0.3 is 0 Å². The molecule has 22 heavy (non-hydrogen) atoms. The van der Waals surface area contributed by atoms with E-state index in [0.29, 0.717) is 24.1 Å². The summed E-state index contributed by atoms with van der Waals surface area (Å²) in [6.07, 6.45) is 1.97. The second-order valence-electron chi connectivity index (χ2n) is 6.61. The molecule has 4 fully saturated rings. The van der Waals surface area contributed by atoms with Crippen molar-refractivity contribution in [2.75, 3.05) is 4.90 Å². The Balaban J connectivity index is 1.77. The highest BCUT2D eigenvalue weighted by Crippen LogP contribution is 2.52. The molecule has 1 aromatic carbocycles. The van der Waals surface area contributed by atoms with E-state index < -0.39 is 5.92 Å². The molecule has 114 valence electrons. The average Bonchev–Trinajstić information content (AvgIpc) is 2.76. The molecular weight excluding hydrogens is 285 g/mol. The number of fused-ring (bicyclic) bond motifs is 2. The zero-order chi connectivity index (χ0) is 15.6. The number of imide groups is 1. The van der Waals surface area contributed by atoms with Gasteiger partial charge in [0.15, 0.2) is 0 Å². The van der Waals surface area contributed by atoms with E-state index in [2.05, 4.69) is 0 Å². The number of aryl methyl sites for hydroxylation is 1. The number of hydrogen-bond acceptors (Lipinski definition) is 3. The van der Waals surface area contributed by atoms with Gasteiger partial charge in [0.25, 0.3) is 0 Å². The lowest BCUT2D eigenvalue weighted by Gasteiger charge is -2.41. The van der Waals surface area contributed by atoms with E-state index >= 15 is 0 Å². The van der Waals surface area contributed by atoms with Crippen molar-refractivity contribution in [3.63, 3.8) is 0 Å². The number of nitrogens with zero attached hydrogens (tertiary/aromatic N) is 1. The third kappa shape index (κ3) is 1.65. The van der Waals surface area contributed by atoms with E-state index in [9.17, 15) is 18.8 Å². The van der Waals surface area contributed by atoms with Crippen molar-refractivity contribution in [3.05, 3.63) is 29.6 Å². The Bertz CT molecular complexity index is 714. The maximum Gasteiger partial charge on any atom is 0.238 e. The maximum atomic E-state index is 13.4. The lowest BCUT2D eigenvalue weighted by molar-refractivity contribution is -0.143. The highest BCUT2D eigenvalue weighted by molar-refractivity contribution is 6.23. The van der Waals surface area contributed by atoms with Crippen LogP contribution in [0.15, 0.2) is 18.2 Å². The van der Waals surface area contributed by atoms with Gasteiger partial charge in [0.2, 0.25) is 11.8 Å². The van der Waals surface area contributed by atoms with Gasteiger partial charge in [0.1, 0.15) is 11.6 Å². The van der Waals surface area contributed by atoms with Crippen molar-refractivity contribution in [1.29, 1.82) is 0 Å². The molecule has 0 aromatic heterocycles. The Morgan fingerprint density at radius 1 is 1.09 bits per heavy atom. The number of carbonyl (C=O) groups excluding carboxylic acids is 3. The van der Waals surface area contributed by atoms with Crippen molar-refractivity contribution < 1.29 is 18.8 Å². The molecule has 4 unspecified atom stereocenters. The van der Waals surface area contributed by atoms with Gasteiger partial charge in [-0.3, -0.25) is 19.3 Å². The number of hydrogen-bond donors (Lipinski definition) is 0. The summed E-state index contributed by atoms with van der Waals surface area (Å²) in [6.45, 7) is 1.60. The summed E-state index contributed by atoms with van der Waals surface area (Å²) >= 11 is 0. The van der Waals surface area contributed by atoms with Crippen LogP contribution < -0.4 is 4.90 Å². The van der Waals surface area contributed by atoms with Crippen LogP contribution in [0, 0.1) is 36.4 Å². The van der Waals surface area contributed by atoms with Crippen LogP contribution in [0.2, 0.25) is 0 Å². The zero-order valence-corrected chi connectivity index (χ0v) is 12.2. The van der Waals surface area contributed by atoms with Crippen molar-refractivity contribution in [1.82, 2.24) is 0 Å². The normalized spacial score (nSPS) is 33.5. The Hall–Kier alpha value is -2.04. The first kappa shape index (κ1) is 13.6. The Morgan fingerprint density at radius 2 is 1.82 bits per heavy atom. The Morgan fingerprint density at radius 3 is 2.50 bits per heavy atom. The molecule has 4 atom stereocenters. The third-order valence-electron chi connectivity index (χ3n) is 5.46. The summed E-state index contributed by atoms with van der Waals surface area (Å²) in [6, 6.07) is 4.25. The van der Waals surface area contributed by atoms with Gasteiger partial charge in [-0.25, -0.2) is 4.39 Å².